The molecule has 2 aromatic carbocycles. The number of fused-ring (bicyclic) bond motifs is 1. The number of anilines is 2. The fourth-order valence-electron chi connectivity index (χ4n) is 3.30. The van der Waals surface area contributed by atoms with Crippen LogP contribution in [-0.2, 0) is 11.2 Å². The molecule has 0 spiro atoms. The van der Waals surface area contributed by atoms with Crippen molar-refractivity contribution in [3.63, 3.8) is 0 Å². The highest BCUT2D eigenvalue weighted by Gasteiger charge is 2.29. The molecule has 0 saturated heterocycles. The molecule has 4 N–H and O–H groups in total. The summed E-state index contributed by atoms with van der Waals surface area (Å²) in [6.45, 7) is 0.629. The smallest absolute Gasteiger partial charge is 0.248 e. The van der Waals surface area contributed by atoms with Crippen LogP contribution in [0.2, 0.25) is 0 Å². The summed E-state index contributed by atoms with van der Waals surface area (Å²) in [7, 11) is 0. The zero-order chi connectivity index (χ0) is 18.1. The maximum atomic E-state index is 12.9. The molecular formula is C20H19N5O. The number of carbonyl (C=O) groups excluding carboxylic acids is 1. The number of hydrogen-bond donors (Lipinski definition) is 2. The number of nitrogens with zero attached hydrogens (tertiary/aromatic N) is 3. The molecule has 1 unspecified atom stereocenters. The van der Waals surface area contributed by atoms with Crippen molar-refractivity contribution in [3.8, 4) is 11.3 Å². The molecule has 0 radical (unpaired) electrons. The van der Waals surface area contributed by atoms with E-state index in [1.165, 1.54) is 0 Å². The molecule has 130 valence electrons. The third-order valence-corrected chi connectivity index (χ3v) is 4.64. The highest BCUT2D eigenvalue weighted by atomic mass is 16.2. The van der Waals surface area contributed by atoms with Gasteiger partial charge in [-0.05, 0) is 35.7 Å². The van der Waals surface area contributed by atoms with Gasteiger partial charge in [0.2, 0.25) is 11.9 Å². The number of aromatic nitrogens is 2. The predicted octanol–water partition coefficient (Wildman–Crippen LogP) is 2.31. The van der Waals surface area contributed by atoms with E-state index in [1.54, 1.807) is 11.1 Å². The van der Waals surface area contributed by atoms with Crippen LogP contribution in [0, 0.1) is 0 Å². The zero-order valence-corrected chi connectivity index (χ0v) is 14.2. The van der Waals surface area contributed by atoms with Gasteiger partial charge in [-0.1, -0.05) is 36.4 Å². The molecule has 1 aliphatic rings. The van der Waals surface area contributed by atoms with Gasteiger partial charge in [0.15, 0.2) is 0 Å². The van der Waals surface area contributed by atoms with Crippen LogP contribution in [0.4, 0.5) is 11.6 Å². The van der Waals surface area contributed by atoms with E-state index in [4.69, 9.17) is 11.5 Å². The van der Waals surface area contributed by atoms with Gasteiger partial charge >= 0.3 is 0 Å². The summed E-state index contributed by atoms with van der Waals surface area (Å²) in [4.78, 5) is 22.8. The average Bonchev–Trinajstić information content (AvgIpc) is 3.10. The van der Waals surface area contributed by atoms with Crippen LogP contribution in [0.5, 0.6) is 0 Å². The van der Waals surface area contributed by atoms with Gasteiger partial charge in [0.1, 0.15) is 6.04 Å². The van der Waals surface area contributed by atoms with Crippen LogP contribution in [0.25, 0.3) is 11.3 Å². The quantitative estimate of drug-likeness (QED) is 0.759. The number of hydrogen-bond acceptors (Lipinski definition) is 5. The van der Waals surface area contributed by atoms with Crippen LogP contribution in [0.1, 0.15) is 17.2 Å². The number of rotatable bonds is 3. The maximum Gasteiger partial charge on any atom is 0.248 e. The summed E-state index contributed by atoms with van der Waals surface area (Å²) >= 11 is 0. The lowest BCUT2D eigenvalue weighted by Crippen LogP contribution is -2.37. The second-order valence-electron chi connectivity index (χ2n) is 6.27. The molecule has 0 saturated carbocycles. The topological polar surface area (TPSA) is 98.1 Å². The summed E-state index contributed by atoms with van der Waals surface area (Å²) in [5, 5.41) is 0. The summed E-state index contributed by atoms with van der Waals surface area (Å²) in [5.41, 5.74) is 16.4. The molecule has 3 aromatic rings. The van der Waals surface area contributed by atoms with Crippen LogP contribution in [0.15, 0.2) is 60.8 Å². The van der Waals surface area contributed by atoms with Crippen molar-refractivity contribution in [2.45, 2.75) is 12.5 Å². The van der Waals surface area contributed by atoms with Gasteiger partial charge in [-0.3, -0.25) is 4.79 Å². The zero-order valence-electron chi connectivity index (χ0n) is 14.2. The van der Waals surface area contributed by atoms with E-state index in [1.807, 2.05) is 48.5 Å². The number of carbonyl (C=O) groups is 1. The first-order valence-corrected chi connectivity index (χ1v) is 8.47. The second-order valence-corrected chi connectivity index (χ2v) is 6.27. The molecule has 1 amide bonds. The van der Waals surface area contributed by atoms with Crippen molar-refractivity contribution < 1.29 is 4.79 Å². The number of nitrogens with two attached hydrogens (primary N) is 2. The van der Waals surface area contributed by atoms with Gasteiger partial charge in [0, 0.05) is 24.0 Å². The van der Waals surface area contributed by atoms with Crippen molar-refractivity contribution in [1.82, 2.24) is 9.97 Å². The highest BCUT2D eigenvalue weighted by Crippen LogP contribution is 2.33. The minimum atomic E-state index is -0.663. The summed E-state index contributed by atoms with van der Waals surface area (Å²) in [5.74, 6) is 0.155. The van der Waals surface area contributed by atoms with E-state index in [-0.39, 0.29) is 11.9 Å². The Kier molecular flexibility index (Phi) is 4.10. The Morgan fingerprint density at radius 3 is 2.69 bits per heavy atom. The Balaban J connectivity index is 1.61. The third-order valence-electron chi connectivity index (χ3n) is 4.64. The molecule has 6 nitrogen and oxygen atoms in total. The predicted molar refractivity (Wildman–Crippen MR) is 101 cm³/mol. The molecule has 2 heterocycles. The fraction of sp³-hybridized carbons (Fsp3) is 0.150. The van der Waals surface area contributed by atoms with Crippen molar-refractivity contribution in [3.05, 3.63) is 71.9 Å². The number of amides is 1. The van der Waals surface area contributed by atoms with Crippen molar-refractivity contribution in [2.24, 2.45) is 5.73 Å². The first kappa shape index (κ1) is 16.2. The van der Waals surface area contributed by atoms with Crippen LogP contribution < -0.4 is 16.4 Å². The maximum absolute atomic E-state index is 12.9. The second kappa shape index (κ2) is 6.57. The van der Waals surface area contributed by atoms with Gasteiger partial charge in [0.25, 0.3) is 0 Å². The summed E-state index contributed by atoms with van der Waals surface area (Å²) in [6, 6.07) is 16.5. The fourth-order valence-corrected chi connectivity index (χ4v) is 3.30. The largest absolute Gasteiger partial charge is 0.368 e. The van der Waals surface area contributed by atoms with Crippen molar-refractivity contribution in [1.29, 1.82) is 0 Å². The van der Waals surface area contributed by atoms with Crippen molar-refractivity contribution in [2.75, 3.05) is 17.2 Å². The summed E-state index contributed by atoms with van der Waals surface area (Å²) in [6.07, 6.45) is 2.43. The highest BCUT2D eigenvalue weighted by molar-refractivity contribution is 5.99. The van der Waals surface area contributed by atoms with Gasteiger partial charge < -0.3 is 16.4 Å². The van der Waals surface area contributed by atoms with E-state index in [2.05, 4.69) is 16.0 Å². The minimum Gasteiger partial charge on any atom is -0.368 e. The summed E-state index contributed by atoms with van der Waals surface area (Å²) < 4.78 is 0. The number of benzene rings is 2. The Morgan fingerprint density at radius 2 is 1.92 bits per heavy atom. The third kappa shape index (κ3) is 2.91. The van der Waals surface area contributed by atoms with Gasteiger partial charge in [-0.2, -0.15) is 0 Å². The average molecular weight is 345 g/mol. The van der Waals surface area contributed by atoms with Crippen LogP contribution >= 0.6 is 0 Å². The van der Waals surface area contributed by atoms with Crippen LogP contribution in [0.3, 0.4) is 0 Å². The molecule has 1 aliphatic heterocycles. The SMILES string of the molecule is Nc1nccc(-c2ccc3c(c2)CCN3C(=O)C(N)c2ccccc2)n1. The van der Waals surface area contributed by atoms with Crippen LogP contribution in [-0.4, -0.2) is 22.4 Å². The van der Waals surface area contributed by atoms with E-state index in [9.17, 15) is 4.79 Å². The Labute approximate surface area is 151 Å². The molecule has 6 heteroatoms. The van der Waals surface area contributed by atoms with E-state index >= 15 is 0 Å². The standard InChI is InChI=1S/C20H19N5O/c21-18(13-4-2-1-3-5-13)19(26)25-11-9-15-12-14(6-7-17(15)25)16-8-10-23-20(22)24-16/h1-8,10,12,18H,9,11,21H2,(H2,22,23,24). The first-order valence-electron chi connectivity index (χ1n) is 8.47. The lowest BCUT2D eigenvalue weighted by Gasteiger charge is -2.22. The lowest BCUT2D eigenvalue weighted by atomic mass is 10.0. The Morgan fingerprint density at radius 1 is 1.12 bits per heavy atom. The Bertz CT molecular complexity index is 957. The molecule has 0 aliphatic carbocycles. The minimum absolute atomic E-state index is 0.0889. The van der Waals surface area contributed by atoms with E-state index < -0.39 is 6.04 Å². The van der Waals surface area contributed by atoms with Crippen molar-refractivity contribution >= 4 is 17.5 Å². The van der Waals surface area contributed by atoms with Gasteiger partial charge in [0.05, 0.1) is 5.69 Å². The molecular weight excluding hydrogens is 326 g/mol. The monoisotopic (exact) mass is 345 g/mol. The number of nitrogen functional groups attached to an aromatic ring is 1. The lowest BCUT2D eigenvalue weighted by molar-refractivity contribution is -0.119. The molecule has 0 bridgehead atoms. The molecule has 1 atom stereocenters. The normalized spacial score (nSPS) is 14.1. The molecule has 0 fully saturated rings. The molecule has 26 heavy (non-hydrogen) atoms. The molecule has 1 aromatic heterocycles. The Hall–Kier alpha value is -3.25. The van der Waals surface area contributed by atoms with Gasteiger partial charge in [-0.25, -0.2) is 9.97 Å². The first-order chi connectivity index (χ1) is 12.6. The van der Waals surface area contributed by atoms with E-state index in [0.717, 1.165) is 34.5 Å². The molecule has 4 rings (SSSR count). The van der Waals surface area contributed by atoms with E-state index in [0.29, 0.717) is 6.54 Å². The van der Waals surface area contributed by atoms with Gasteiger partial charge in [-0.15, -0.1) is 0 Å².